The number of hydrogen-bond acceptors (Lipinski definition) is 11. The van der Waals surface area contributed by atoms with Crippen molar-refractivity contribution in [2.75, 3.05) is 12.4 Å². The molecular formula is C19H19N3O10S. The fourth-order valence-electron chi connectivity index (χ4n) is 3.13. The van der Waals surface area contributed by atoms with E-state index in [9.17, 15) is 28.8 Å². The minimum absolute atomic E-state index is 0.118. The number of nitrogens with zero attached hydrogens (tertiary/aromatic N) is 1. The van der Waals surface area contributed by atoms with Gasteiger partial charge in [0.05, 0.1) is 6.26 Å². The van der Waals surface area contributed by atoms with Crippen LogP contribution in [0, 0.1) is 0 Å². The van der Waals surface area contributed by atoms with Gasteiger partial charge in [-0.1, -0.05) is 0 Å². The molecule has 3 heterocycles. The number of ether oxygens (including phenoxy) is 3. The Morgan fingerprint density at radius 1 is 1.30 bits per heavy atom. The summed E-state index contributed by atoms with van der Waals surface area (Å²) in [6.45, 7) is 2.04. The van der Waals surface area contributed by atoms with Gasteiger partial charge in [0.25, 0.3) is 17.6 Å². The van der Waals surface area contributed by atoms with Crippen LogP contribution in [0.4, 0.5) is 4.79 Å². The van der Waals surface area contributed by atoms with E-state index in [1.54, 1.807) is 0 Å². The molecule has 0 aromatic carbocycles. The van der Waals surface area contributed by atoms with Gasteiger partial charge >= 0.3 is 18.0 Å². The van der Waals surface area contributed by atoms with E-state index in [-0.39, 0.29) is 29.4 Å². The first-order chi connectivity index (χ1) is 15.6. The molecule has 1 aromatic rings. The Bertz CT molecular complexity index is 1030. The molecule has 3 amide bonds. The predicted octanol–water partition coefficient (Wildman–Crippen LogP) is -0.336. The highest BCUT2D eigenvalue weighted by atomic mass is 32.2. The van der Waals surface area contributed by atoms with Crippen molar-refractivity contribution in [2.24, 2.45) is 5.73 Å². The number of esters is 2. The van der Waals surface area contributed by atoms with Gasteiger partial charge in [0.15, 0.2) is 5.76 Å². The minimum atomic E-state index is -1.26. The number of nitrogens with one attached hydrogen (secondary N) is 1. The first kappa shape index (κ1) is 23.8. The summed E-state index contributed by atoms with van der Waals surface area (Å²) in [6, 6.07) is 1.63. The predicted molar refractivity (Wildman–Crippen MR) is 108 cm³/mol. The van der Waals surface area contributed by atoms with Crippen LogP contribution in [0.25, 0.3) is 0 Å². The van der Waals surface area contributed by atoms with Gasteiger partial charge < -0.3 is 29.7 Å². The molecule has 0 spiro atoms. The summed E-state index contributed by atoms with van der Waals surface area (Å²) in [5.41, 5.74) is 4.98. The Kier molecular flexibility index (Phi) is 7.06. The van der Waals surface area contributed by atoms with Gasteiger partial charge in [-0.25, -0.2) is 9.59 Å². The third kappa shape index (κ3) is 5.16. The van der Waals surface area contributed by atoms with Crippen LogP contribution in [0.15, 0.2) is 34.1 Å². The number of amides is 3. The molecule has 2 aliphatic heterocycles. The van der Waals surface area contributed by atoms with E-state index in [4.69, 9.17) is 24.4 Å². The highest BCUT2D eigenvalue weighted by Crippen LogP contribution is 2.40. The lowest BCUT2D eigenvalue weighted by Crippen LogP contribution is -2.71. The van der Waals surface area contributed by atoms with Crippen molar-refractivity contribution < 1.29 is 47.4 Å². The lowest BCUT2D eigenvalue weighted by molar-refractivity contribution is -0.182. The number of primary amides is 1. The molecule has 1 saturated heterocycles. The van der Waals surface area contributed by atoms with Crippen LogP contribution in [0.5, 0.6) is 0 Å². The number of Topliss-reactive ketones (excluding diaryl/α,β-unsaturated/α-hetero) is 1. The maximum absolute atomic E-state index is 12.8. The summed E-state index contributed by atoms with van der Waals surface area (Å²) in [4.78, 5) is 73.1. The number of ketones is 1. The molecule has 0 saturated carbocycles. The highest BCUT2D eigenvalue weighted by molar-refractivity contribution is 8.00. The maximum Gasteiger partial charge on any atom is 0.404 e. The molecule has 3 rings (SSSR count). The number of nitrogens with two attached hydrogens (primary N) is 1. The van der Waals surface area contributed by atoms with Crippen molar-refractivity contribution >= 4 is 47.4 Å². The van der Waals surface area contributed by atoms with Gasteiger partial charge in [-0.2, -0.15) is 0 Å². The molecule has 1 aromatic heterocycles. The van der Waals surface area contributed by atoms with E-state index in [1.807, 2.05) is 0 Å². The number of rotatable bonds is 8. The number of carbonyl (C=O) groups is 6. The molecule has 2 aliphatic rings. The molecule has 13 nitrogen and oxygen atoms in total. The lowest BCUT2D eigenvalue weighted by atomic mass is 10.0. The number of carbonyl (C=O) groups excluding carboxylic acids is 6. The fourth-order valence-corrected chi connectivity index (χ4v) is 4.46. The average molecular weight is 481 g/mol. The van der Waals surface area contributed by atoms with Gasteiger partial charge in [0.2, 0.25) is 6.29 Å². The smallest absolute Gasteiger partial charge is 0.404 e. The van der Waals surface area contributed by atoms with E-state index >= 15 is 0 Å². The van der Waals surface area contributed by atoms with Gasteiger partial charge in [-0.15, -0.1) is 11.8 Å². The van der Waals surface area contributed by atoms with E-state index in [1.165, 1.54) is 25.3 Å². The Hall–Kier alpha value is -3.81. The van der Waals surface area contributed by atoms with Gasteiger partial charge in [-0.05, 0) is 12.1 Å². The van der Waals surface area contributed by atoms with Crippen LogP contribution in [0.2, 0.25) is 0 Å². The Labute approximate surface area is 190 Å². The number of hydrogen-bond donors (Lipinski definition) is 2. The minimum Gasteiger partial charge on any atom is -0.461 e. The second-order valence-corrected chi connectivity index (χ2v) is 7.91. The van der Waals surface area contributed by atoms with Crippen LogP contribution in [-0.4, -0.2) is 70.6 Å². The molecule has 0 bridgehead atoms. The second-order valence-electron chi connectivity index (χ2n) is 6.81. The standard InChI is InChI=1S/C19H19N3O10S/c1-8(23)31-9(2)32-18(27)13-10(6-30-19(20)28)7-33-17-12(16(26)22(13)17)21-15(25)14(24)11-4-3-5-29-11/h3-5,9,12,17H,6-7H2,1-2H3,(H2,20,28)(H,21,25)/t9?,12?,17-/m1/s1. The third-order valence-electron chi connectivity index (χ3n) is 4.47. The van der Waals surface area contributed by atoms with Crippen molar-refractivity contribution in [1.29, 1.82) is 0 Å². The van der Waals surface area contributed by atoms with Crippen LogP contribution in [0.1, 0.15) is 24.4 Å². The number of thioether (sulfide) groups is 1. The van der Waals surface area contributed by atoms with Crippen LogP contribution in [0.3, 0.4) is 0 Å². The van der Waals surface area contributed by atoms with E-state index in [2.05, 4.69) is 5.32 Å². The summed E-state index contributed by atoms with van der Waals surface area (Å²) in [5.74, 6) is -4.49. The summed E-state index contributed by atoms with van der Waals surface area (Å²) >= 11 is 1.16. The summed E-state index contributed by atoms with van der Waals surface area (Å²) in [5, 5.41) is 1.59. The molecule has 0 radical (unpaired) electrons. The van der Waals surface area contributed by atoms with Gasteiger partial charge in [0.1, 0.15) is 23.7 Å². The van der Waals surface area contributed by atoms with Crippen molar-refractivity contribution in [2.45, 2.75) is 31.6 Å². The van der Waals surface area contributed by atoms with Crippen molar-refractivity contribution in [3.63, 3.8) is 0 Å². The van der Waals surface area contributed by atoms with E-state index in [0.29, 0.717) is 0 Å². The van der Waals surface area contributed by atoms with E-state index < -0.39 is 53.3 Å². The zero-order chi connectivity index (χ0) is 24.3. The van der Waals surface area contributed by atoms with Crippen molar-refractivity contribution in [3.8, 4) is 0 Å². The SMILES string of the molecule is CC(=O)OC(C)OC(=O)C1=C(COC(N)=O)CS[C@@H]2C(NC(=O)C(=O)c3ccco3)C(=O)N12. The van der Waals surface area contributed by atoms with Gasteiger partial charge in [0, 0.05) is 25.2 Å². The summed E-state index contributed by atoms with van der Waals surface area (Å²) in [7, 11) is 0. The molecule has 176 valence electrons. The number of fused-ring (bicyclic) bond motifs is 1. The Balaban J connectivity index is 1.77. The van der Waals surface area contributed by atoms with Crippen LogP contribution >= 0.6 is 11.8 Å². The fraction of sp³-hybridized carbons (Fsp3) is 0.368. The Morgan fingerprint density at radius 2 is 2.03 bits per heavy atom. The van der Waals surface area contributed by atoms with Crippen LogP contribution in [-0.2, 0) is 33.4 Å². The van der Waals surface area contributed by atoms with Gasteiger partial charge in [-0.3, -0.25) is 24.1 Å². The zero-order valence-corrected chi connectivity index (χ0v) is 18.2. The first-order valence-corrected chi connectivity index (χ1v) is 10.5. The topological polar surface area (TPSA) is 185 Å². The highest BCUT2D eigenvalue weighted by Gasteiger charge is 2.55. The molecule has 33 heavy (non-hydrogen) atoms. The normalized spacial score (nSPS) is 20.2. The largest absolute Gasteiger partial charge is 0.461 e. The molecule has 3 atom stereocenters. The quantitative estimate of drug-likeness (QED) is 0.163. The van der Waals surface area contributed by atoms with E-state index in [0.717, 1.165) is 23.6 Å². The van der Waals surface area contributed by atoms with Crippen LogP contribution < -0.4 is 11.1 Å². The lowest BCUT2D eigenvalue weighted by Gasteiger charge is -2.49. The zero-order valence-electron chi connectivity index (χ0n) is 17.4. The number of furan rings is 1. The average Bonchev–Trinajstić information content (AvgIpc) is 3.28. The summed E-state index contributed by atoms with van der Waals surface area (Å²) in [6.07, 6.45) is -1.12. The molecule has 1 fully saturated rings. The molecule has 3 N–H and O–H groups in total. The third-order valence-corrected chi connectivity index (χ3v) is 5.81. The van der Waals surface area contributed by atoms with Crippen molar-refractivity contribution in [1.82, 2.24) is 10.2 Å². The maximum atomic E-state index is 12.8. The molecular weight excluding hydrogens is 462 g/mol. The first-order valence-electron chi connectivity index (χ1n) is 9.46. The van der Waals surface area contributed by atoms with Crippen molar-refractivity contribution in [3.05, 3.63) is 35.4 Å². The Morgan fingerprint density at radius 3 is 2.64 bits per heavy atom. The number of β-lactam (4-membered cyclic amide) rings is 1. The monoisotopic (exact) mass is 481 g/mol. The summed E-state index contributed by atoms with van der Waals surface area (Å²) < 4.78 is 19.5. The second kappa shape index (κ2) is 9.77. The molecule has 2 unspecified atom stereocenters. The molecule has 0 aliphatic carbocycles. The molecule has 14 heteroatoms.